The van der Waals surface area contributed by atoms with Crippen LogP contribution in [0.5, 0.6) is 0 Å². The maximum absolute atomic E-state index is 9.46. The molecule has 0 bridgehead atoms. The topological polar surface area (TPSA) is 38.7 Å². The van der Waals surface area contributed by atoms with Gasteiger partial charge in [0.25, 0.3) is 0 Å². The third kappa shape index (κ3) is 2.58. The summed E-state index contributed by atoms with van der Waals surface area (Å²) in [6.45, 7) is 3.18. The molecule has 0 spiro atoms. The molecule has 84 valence electrons. The summed E-state index contributed by atoms with van der Waals surface area (Å²) in [5, 5.41) is 11.5. The summed E-state index contributed by atoms with van der Waals surface area (Å²) in [5.41, 5.74) is 0. The number of ether oxygens (including phenoxy) is 2. The van der Waals surface area contributed by atoms with E-state index in [2.05, 4.69) is 6.07 Å². The van der Waals surface area contributed by atoms with E-state index in [0.29, 0.717) is 19.6 Å². The van der Waals surface area contributed by atoms with Gasteiger partial charge in [-0.25, -0.2) is 0 Å². The van der Waals surface area contributed by atoms with E-state index in [0.717, 1.165) is 0 Å². The van der Waals surface area contributed by atoms with Crippen molar-refractivity contribution in [2.24, 2.45) is 0 Å². The fourth-order valence-electron chi connectivity index (χ4n) is 1.72. The molecule has 0 aliphatic heterocycles. The molecule has 0 saturated heterocycles. The van der Waals surface area contributed by atoms with E-state index in [4.69, 9.17) is 9.47 Å². The zero-order valence-electron chi connectivity index (χ0n) is 8.76. The van der Waals surface area contributed by atoms with Crippen LogP contribution in [0.15, 0.2) is 17.5 Å². The molecule has 1 N–H and O–H groups in total. The first-order valence-corrected chi connectivity index (χ1v) is 6.13. The minimum Gasteiger partial charge on any atom is -0.390 e. The third-order valence-electron chi connectivity index (χ3n) is 2.60. The van der Waals surface area contributed by atoms with Gasteiger partial charge in [0, 0.05) is 17.9 Å². The lowest BCUT2D eigenvalue weighted by molar-refractivity contribution is -0.194. The minimum atomic E-state index is -0.349. The molecule has 1 aromatic rings. The highest BCUT2D eigenvalue weighted by atomic mass is 32.1. The van der Waals surface area contributed by atoms with Crippen LogP contribution < -0.4 is 0 Å². The third-order valence-corrected chi connectivity index (χ3v) is 3.45. The summed E-state index contributed by atoms with van der Waals surface area (Å²) >= 11 is 1.69. The van der Waals surface area contributed by atoms with E-state index in [-0.39, 0.29) is 18.3 Å². The van der Waals surface area contributed by atoms with Crippen molar-refractivity contribution in [2.75, 3.05) is 6.61 Å². The lowest BCUT2D eigenvalue weighted by Gasteiger charge is -2.40. The summed E-state index contributed by atoms with van der Waals surface area (Å²) in [6, 6.07) is 4.06. The number of rotatable bonds is 5. The van der Waals surface area contributed by atoms with Gasteiger partial charge in [0.15, 0.2) is 0 Å². The average molecular weight is 228 g/mol. The number of aliphatic hydroxyl groups is 1. The van der Waals surface area contributed by atoms with Crippen molar-refractivity contribution < 1.29 is 14.6 Å². The fraction of sp³-hybridized carbons (Fsp3) is 0.636. The minimum absolute atomic E-state index is 0.0575. The summed E-state index contributed by atoms with van der Waals surface area (Å²) in [4.78, 5) is 1.21. The normalized spacial score (nSPS) is 30.1. The molecule has 1 aliphatic rings. The van der Waals surface area contributed by atoms with Crippen LogP contribution in [-0.4, -0.2) is 30.0 Å². The van der Waals surface area contributed by atoms with Gasteiger partial charge in [-0.2, -0.15) is 0 Å². The first-order valence-electron chi connectivity index (χ1n) is 5.25. The standard InChI is InChI=1S/C11H16O3S/c1-2-13-11-9(12)6-10(11)14-7-8-4-3-5-15-8/h3-5,9-12H,2,6-7H2,1H3. The van der Waals surface area contributed by atoms with Crippen LogP contribution >= 0.6 is 11.3 Å². The molecule has 1 aliphatic carbocycles. The van der Waals surface area contributed by atoms with Crippen LogP contribution in [0.2, 0.25) is 0 Å². The average Bonchev–Trinajstić information content (AvgIpc) is 2.73. The van der Waals surface area contributed by atoms with E-state index >= 15 is 0 Å². The molecule has 4 heteroatoms. The summed E-state index contributed by atoms with van der Waals surface area (Å²) < 4.78 is 11.1. The molecule has 2 rings (SSSR count). The van der Waals surface area contributed by atoms with Gasteiger partial charge >= 0.3 is 0 Å². The summed E-state index contributed by atoms with van der Waals surface area (Å²) in [6.07, 6.45) is 0.269. The molecule has 0 aromatic carbocycles. The van der Waals surface area contributed by atoms with Gasteiger partial charge in [-0.3, -0.25) is 0 Å². The number of hydrogen-bond acceptors (Lipinski definition) is 4. The fourth-order valence-corrected chi connectivity index (χ4v) is 2.34. The molecule has 1 fully saturated rings. The van der Waals surface area contributed by atoms with Gasteiger partial charge in [-0.05, 0) is 18.4 Å². The molecule has 15 heavy (non-hydrogen) atoms. The Bertz CT molecular complexity index is 286. The van der Waals surface area contributed by atoms with Crippen molar-refractivity contribution in [3.05, 3.63) is 22.4 Å². The summed E-state index contributed by atoms with van der Waals surface area (Å²) in [5.74, 6) is 0. The van der Waals surface area contributed by atoms with Gasteiger partial charge in [-0.15, -0.1) is 11.3 Å². The van der Waals surface area contributed by atoms with Crippen molar-refractivity contribution in [3.63, 3.8) is 0 Å². The monoisotopic (exact) mass is 228 g/mol. The molecule has 3 nitrogen and oxygen atoms in total. The van der Waals surface area contributed by atoms with Crippen molar-refractivity contribution in [1.82, 2.24) is 0 Å². The smallest absolute Gasteiger partial charge is 0.110 e. The van der Waals surface area contributed by atoms with Gasteiger partial charge in [0.1, 0.15) is 6.10 Å². The first kappa shape index (κ1) is 11.1. The Morgan fingerprint density at radius 1 is 1.53 bits per heavy atom. The van der Waals surface area contributed by atoms with Gasteiger partial charge < -0.3 is 14.6 Å². The Morgan fingerprint density at radius 2 is 2.40 bits per heavy atom. The molecule has 3 unspecified atom stereocenters. The van der Waals surface area contributed by atoms with Crippen LogP contribution in [0.3, 0.4) is 0 Å². The lowest BCUT2D eigenvalue weighted by Crippen LogP contribution is -2.53. The molecule has 3 atom stereocenters. The van der Waals surface area contributed by atoms with Crippen molar-refractivity contribution >= 4 is 11.3 Å². The molecular weight excluding hydrogens is 212 g/mol. The van der Waals surface area contributed by atoms with Crippen LogP contribution in [0.25, 0.3) is 0 Å². The Hall–Kier alpha value is -0.420. The van der Waals surface area contributed by atoms with E-state index < -0.39 is 0 Å². The van der Waals surface area contributed by atoms with Gasteiger partial charge in [0.05, 0.1) is 18.8 Å². The number of hydrogen-bond donors (Lipinski definition) is 1. The molecule has 1 aromatic heterocycles. The maximum Gasteiger partial charge on any atom is 0.110 e. The highest BCUT2D eigenvalue weighted by molar-refractivity contribution is 7.09. The van der Waals surface area contributed by atoms with Gasteiger partial charge in [-0.1, -0.05) is 6.07 Å². The Labute approximate surface area is 93.6 Å². The highest BCUT2D eigenvalue weighted by Crippen LogP contribution is 2.28. The first-order chi connectivity index (χ1) is 7.31. The van der Waals surface area contributed by atoms with E-state index in [9.17, 15) is 5.11 Å². The number of aliphatic hydroxyl groups excluding tert-OH is 1. The lowest BCUT2D eigenvalue weighted by atomic mass is 9.88. The Kier molecular flexibility index (Phi) is 3.75. The predicted molar refractivity (Wildman–Crippen MR) is 58.9 cm³/mol. The molecule has 0 radical (unpaired) electrons. The van der Waals surface area contributed by atoms with Crippen LogP contribution in [0, 0.1) is 0 Å². The largest absolute Gasteiger partial charge is 0.390 e. The second-order valence-corrected chi connectivity index (χ2v) is 4.68. The van der Waals surface area contributed by atoms with Crippen LogP contribution in [0.1, 0.15) is 18.2 Å². The quantitative estimate of drug-likeness (QED) is 0.835. The van der Waals surface area contributed by atoms with Crippen LogP contribution in [0.4, 0.5) is 0 Å². The van der Waals surface area contributed by atoms with E-state index in [1.54, 1.807) is 11.3 Å². The predicted octanol–water partition coefficient (Wildman–Crippen LogP) is 1.80. The highest BCUT2D eigenvalue weighted by Gasteiger charge is 2.41. The van der Waals surface area contributed by atoms with Crippen LogP contribution in [-0.2, 0) is 16.1 Å². The van der Waals surface area contributed by atoms with Crippen molar-refractivity contribution in [3.8, 4) is 0 Å². The second kappa shape index (κ2) is 5.07. The molecule has 1 saturated carbocycles. The molecule has 1 heterocycles. The molecule has 0 amide bonds. The van der Waals surface area contributed by atoms with E-state index in [1.165, 1.54) is 4.88 Å². The Morgan fingerprint density at radius 3 is 3.00 bits per heavy atom. The SMILES string of the molecule is CCOC1C(O)CC1OCc1cccs1. The Balaban J connectivity index is 1.76. The maximum atomic E-state index is 9.46. The molecular formula is C11H16O3S. The summed E-state index contributed by atoms with van der Waals surface area (Å²) in [7, 11) is 0. The number of thiophene rings is 1. The zero-order valence-corrected chi connectivity index (χ0v) is 9.57. The van der Waals surface area contributed by atoms with Gasteiger partial charge in [0.2, 0.25) is 0 Å². The second-order valence-electron chi connectivity index (χ2n) is 3.65. The van der Waals surface area contributed by atoms with E-state index in [1.807, 2.05) is 18.4 Å². The van der Waals surface area contributed by atoms with Crippen molar-refractivity contribution in [2.45, 2.75) is 38.3 Å². The zero-order chi connectivity index (χ0) is 10.7. The van der Waals surface area contributed by atoms with Crippen molar-refractivity contribution in [1.29, 1.82) is 0 Å².